The van der Waals surface area contributed by atoms with Crippen LogP contribution in [0, 0.1) is 0 Å². The summed E-state index contributed by atoms with van der Waals surface area (Å²) in [6.07, 6.45) is 1.71. The highest BCUT2D eigenvalue weighted by molar-refractivity contribution is 6.37. The third kappa shape index (κ3) is 2.98. The first-order valence-electron chi connectivity index (χ1n) is 6.88. The number of fused-ring (bicyclic) bond motifs is 1. The monoisotopic (exact) mass is 336 g/mol. The number of aryl methyl sites for hydroxylation is 1. The van der Waals surface area contributed by atoms with Crippen LogP contribution in [0.15, 0.2) is 30.3 Å². The van der Waals surface area contributed by atoms with Gasteiger partial charge in [0.15, 0.2) is 5.75 Å². The van der Waals surface area contributed by atoms with Gasteiger partial charge in [-0.1, -0.05) is 23.2 Å². The number of nitrogen functional groups attached to an aromatic ring is 1. The first kappa shape index (κ1) is 15.0. The lowest BCUT2D eigenvalue weighted by molar-refractivity contribution is 0.0956. The van der Waals surface area contributed by atoms with Gasteiger partial charge in [0.2, 0.25) is 0 Å². The Morgan fingerprint density at radius 1 is 1.14 bits per heavy atom. The van der Waals surface area contributed by atoms with E-state index in [2.05, 4.69) is 5.32 Å². The van der Waals surface area contributed by atoms with Gasteiger partial charge in [0, 0.05) is 17.8 Å². The van der Waals surface area contributed by atoms with E-state index in [1.165, 1.54) is 0 Å². The van der Waals surface area contributed by atoms with Crippen LogP contribution in [0.25, 0.3) is 0 Å². The second-order valence-electron chi connectivity index (χ2n) is 5.09. The van der Waals surface area contributed by atoms with Gasteiger partial charge in [-0.2, -0.15) is 0 Å². The van der Waals surface area contributed by atoms with Crippen molar-refractivity contribution in [3.63, 3.8) is 0 Å². The van der Waals surface area contributed by atoms with Gasteiger partial charge in [-0.25, -0.2) is 0 Å². The highest BCUT2D eigenvalue weighted by atomic mass is 35.5. The normalized spacial score (nSPS) is 14.0. The molecule has 1 heterocycles. The number of carbonyl (C=O) groups is 1. The van der Waals surface area contributed by atoms with Crippen LogP contribution in [0.2, 0.25) is 10.0 Å². The molecule has 4 nitrogen and oxygen atoms in total. The summed E-state index contributed by atoms with van der Waals surface area (Å²) in [7, 11) is 0. The maximum atomic E-state index is 11.9. The fourth-order valence-electron chi connectivity index (χ4n) is 2.43. The molecule has 0 atom stereocenters. The Labute approximate surface area is 138 Å². The van der Waals surface area contributed by atoms with E-state index in [4.69, 9.17) is 33.7 Å². The number of benzene rings is 2. The van der Waals surface area contributed by atoms with Crippen molar-refractivity contribution in [3.8, 4) is 11.5 Å². The number of amides is 1. The minimum absolute atomic E-state index is 0.0531. The molecule has 0 aromatic heterocycles. The molecule has 0 radical (unpaired) electrons. The molecule has 3 rings (SSSR count). The molecule has 2 aromatic carbocycles. The zero-order chi connectivity index (χ0) is 15.7. The van der Waals surface area contributed by atoms with Crippen LogP contribution < -0.4 is 15.8 Å². The minimum Gasteiger partial charge on any atom is -0.454 e. The molecule has 0 saturated carbocycles. The van der Waals surface area contributed by atoms with E-state index >= 15 is 0 Å². The van der Waals surface area contributed by atoms with Crippen LogP contribution in [0.3, 0.4) is 0 Å². The van der Waals surface area contributed by atoms with Crippen LogP contribution in [-0.2, 0) is 6.42 Å². The summed E-state index contributed by atoms with van der Waals surface area (Å²) in [5.74, 6) is 0.889. The predicted molar refractivity (Wildman–Crippen MR) is 88.0 cm³/mol. The third-order valence-electron chi connectivity index (χ3n) is 3.47. The molecule has 22 heavy (non-hydrogen) atoms. The molecule has 114 valence electrons. The summed E-state index contributed by atoms with van der Waals surface area (Å²) in [6, 6.07) is 8.50. The van der Waals surface area contributed by atoms with E-state index in [-0.39, 0.29) is 5.91 Å². The van der Waals surface area contributed by atoms with E-state index in [9.17, 15) is 4.79 Å². The smallest absolute Gasteiger partial charge is 0.251 e. The number of anilines is 1. The zero-order valence-electron chi connectivity index (χ0n) is 11.7. The molecule has 0 aliphatic carbocycles. The lowest BCUT2D eigenvalue weighted by Gasteiger charge is -2.12. The largest absolute Gasteiger partial charge is 0.454 e. The number of nitrogens with one attached hydrogen (secondary N) is 1. The van der Waals surface area contributed by atoms with Gasteiger partial charge in [0.05, 0.1) is 10.0 Å². The van der Waals surface area contributed by atoms with E-state index in [1.54, 1.807) is 24.3 Å². The van der Waals surface area contributed by atoms with Gasteiger partial charge in [0.25, 0.3) is 5.91 Å². The summed E-state index contributed by atoms with van der Waals surface area (Å²) in [5, 5.41) is 3.55. The van der Waals surface area contributed by atoms with Gasteiger partial charge in [-0.05, 0) is 48.7 Å². The Bertz CT molecular complexity index is 724. The SMILES string of the molecule is Nc1cc(Cl)c(Oc2ccc3c(c2)CCCNC3=O)c(Cl)c1. The van der Waals surface area contributed by atoms with Crippen LogP contribution in [0.1, 0.15) is 22.3 Å². The average molecular weight is 337 g/mol. The number of hydrogen-bond acceptors (Lipinski definition) is 3. The second kappa shape index (κ2) is 6.07. The van der Waals surface area contributed by atoms with Crippen molar-refractivity contribution < 1.29 is 9.53 Å². The van der Waals surface area contributed by atoms with Crippen LogP contribution >= 0.6 is 23.2 Å². The molecular formula is C16H14Cl2N2O2. The maximum Gasteiger partial charge on any atom is 0.251 e. The molecule has 0 saturated heterocycles. The summed E-state index contributed by atoms with van der Waals surface area (Å²) in [6.45, 7) is 0.680. The predicted octanol–water partition coefficient (Wildman–Crippen LogP) is 4.04. The molecule has 0 fully saturated rings. The van der Waals surface area contributed by atoms with Crippen molar-refractivity contribution in [2.75, 3.05) is 12.3 Å². The summed E-state index contributed by atoms with van der Waals surface area (Å²) in [4.78, 5) is 11.9. The van der Waals surface area contributed by atoms with E-state index in [1.807, 2.05) is 6.07 Å². The van der Waals surface area contributed by atoms with E-state index < -0.39 is 0 Å². The number of halogens is 2. The number of hydrogen-bond donors (Lipinski definition) is 2. The molecule has 1 aliphatic heterocycles. The zero-order valence-corrected chi connectivity index (χ0v) is 13.2. The Morgan fingerprint density at radius 3 is 2.59 bits per heavy atom. The number of carbonyl (C=O) groups excluding carboxylic acids is 1. The Morgan fingerprint density at radius 2 is 1.86 bits per heavy atom. The summed E-state index contributed by atoms with van der Waals surface area (Å²) >= 11 is 12.2. The second-order valence-corrected chi connectivity index (χ2v) is 5.91. The fourth-order valence-corrected chi connectivity index (χ4v) is 3.01. The average Bonchev–Trinajstić information content (AvgIpc) is 2.64. The Kier molecular flexibility index (Phi) is 4.14. The quantitative estimate of drug-likeness (QED) is 0.813. The van der Waals surface area contributed by atoms with Crippen LogP contribution in [0.4, 0.5) is 5.69 Å². The molecule has 1 aliphatic rings. The number of rotatable bonds is 2. The highest BCUT2D eigenvalue weighted by Crippen LogP contribution is 2.38. The van der Waals surface area contributed by atoms with Gasteiger partial charge in [0.1, 0.15) is 5.75 Å². The van der Waals surface area contributed by atoms with Gasteiger partial charge in [-0.15, -0.1) is 0 Å². The van der Waals surface area contributed by atoms with E-state index in [0.717, 1.165) is 18.4 Å². The summed E-state index contributed by atoms with van der Waals surface area (Å²) in [5.41, 5.74) is 7.78. The van der Waals surface area contributed by atoms with Crippen molar-refractivity contribution in [2.45, 2.75) is 12.8 Å². The van der Waals surface area contributed by atoms with Crippen LogP contribution in [0.5, 0.6) is 11.5 Å². The molecular weight excluding hydrogens is 323 g/mol. The third-order valence-corrected chi connectivity index (χ3v) is 4.03. The van der Waals surface area contributed by atoms with E-state index in [0.29, 0.717) is 39.3 Å². The molecule has 3 N–H and O–H groups in total. The van der Waals surface area contributed by atoms with Crippen molar-refractivity contribution in [2.24, 2.45) is 0 Å². The van der Waals surface area contributed by atoms with Crippen LogP contribution in [-0.4, -0.2) is 12.5 Å². The standard InChI is InChI=1S/C16H14Cl2N2O2/c17-13-7-10(19)8-14(18)15(13)22-11-3-4-12-9(6-11)2-1-5-20-16(12)21/h3-4,6-8H,1-2,5,19H2,(H,20,21). The number of ether oxygens (including phenoxy) is 1. The summed E-state index contributed by atoms with van der Waals surface area (Å²) < 4.78 is 5.79. The topological polar surface area (TPSA) is 64.3 Å². The minimum atomic E-state index is -0.0531. The van der Waals surface area contributed by atoms with Gasteiger partial charge < -0.3 is 15.8 Å². The van der Waals surface area contributed by atoms with Crippen molar-refractivity contribution in [1.29, 1.82) is 0 Å². The lowest BCUT2D eigenvalue weighted by Crippen LogP contribution is -2.22. The molecule has 1 amide bonds. The van der Waals surface area contributed by atoms with Gasteiger partial charge in [-0.3, -0.25) is 4.79 Å². The highest BCUT2D eigenvalue weighted by Gasteiger charge is 2.17. The Balaban J connectivity index is 1.94. The molecule has 6 heteroatoms. The lowest BCUT2D eigenvalue weighted by atomic mass is 10.0. The molecule has 0 bridgehead atoms. The fraction of sp³-hybridized carbons (Fsp3) is 0.188. The molecule has 0 spiro atoms. The Hall–Kier alpha value is -1.91. The molecule has 0 unspecified atom stereocenters. The first-order valence-corrected chi connectivity index (χ1v) is 7.63. The van der Waals surface area contributed by atoms with Gasteiger partial charge >= 0.3 is 0 Å². The van der Waals surface area contributed by atoms with Crippen molar-refractivity contribution in [1.82, 2.24) is 5.32 Å². The first-order chi connectivity index (χ1) is 10.5. The molecule has 2 aromatic rings. The number of nitrogens with two attached hydrogens (primary N) is 1. The van der Waals surface area contributed by atoms with Crippen molar-refractivity contribution in [3.05, 3.63) is 51.5 Å². The van der Waals surface area contributed by atoms with Crippen molar-refractivity contribution >= 4 is 34.8 Å². The maximum absolute atomic E-state index is 11.9.